The van der Waals surface area contributed by atoms with Crippen molar-refractivity contribution in [3.05, 3.63) is 10.6 Å². The summed E-state index contributed by atoms with van der Waals surface area (Å²) in [6.45, 7) is 23.7. The molecule has 0 amide bonds. The Bertz CT molecular complexity index is 331. The molecule has 0 radical (unpaired) electrons. The molecule has 21 heavy (non-hydrogen) atoms. The average Bonchev–Trinajstić information content (AvgIpc) is 2.94. The summed E-state index contributed by atoms with van der Waals surface area (Å²) in [6.07, 6.45) is 2.45. The fourth-order valence-corrected chi connectivity index (χ4v) is 10.5. The lowest BCUT2D eigenvalue weighted by Crippen LogP contribution is -2.45. The molecule has 0 aromatic rings. The SMILES string of the molecule is CCC1=C(CC)[P+]1(N(C(C)C)C(C)C)N(C(C)C)C(C)C. The highest BCUT2D eigenvalue weighted by molar-refractivity contribution is 7.86. The Morgan fingerprint density at radius 2 is 0.857 bits per heavy atom. The molecule has 3 heteroatoms. The van der Waals surface area contributed by atoms with Crippen LogP contribution in [0.2, 0.25) is 0 Å². The van der Waals surface area contributed by atoms with Gasteiger partial charge in [-0.3, -0.25) is 0 Å². The monoisotopic (exact) mass is 313 g/mol. The first-order valence-electron chi connectivity index (χ1n) is 8.87. The summed E-state index contributed by atoms with van der Waals surface area (Å²) in [7, 11) is -1.36. The molecular weight excluding hydrogens is 275 g/mol. The zero-order chi connectivity index (χ0) is 16.5. The molecule has 0 aromatic carbocycles. The molecule has 2 nitrogen and oxygen atoms in total. The van der Waals surface area contributed by atoms with Gasteiger partial charge in [0.15, 0.2) is 10.6 Å². The quantitative estimate of drug-likeness (QED) is 0.498. The second-order valence-corrected chi connectivity index (χ2v) is 10.5. The van der Waals surface area contributed by atoms with Crippen LogP contribution >= 0.6 is 7.56 Å². The molecule has 0 unspecified atom stereocenters. The van der Waals surface area contributed by atoms with Gasteiger partial charge in [-0.1, -0.05) is 13.8 Å². The number of allylic oxidation sites excluding steroid dienone is 2. The second-order valence-electron chi connectivity index (χ2n) is 7.34. The molecule has 1 aliphatic heterocycles. The van der Waals surface area contributed by atoms with E-state index in [1.807, 2.05) is 0 Å². The normalized spacial score (nSPS) is 18.3. The van der Waals surface area contributed by atoms with Crippen molar-refractivity contribution in [3.63, 3.8) is 0 Å². The lowest BCUT2D eigenvalue weighted by Gasteiger charge is -2.42. The van der Waals surface area contributed by atoms with Gasteiger partial charge in [-0.05, 0) is 55.4 Å². The van der Waals surface area contributed by atoms with Crippen LogP contribution in [0.25, 0.3) is 0 Å². The highest BCUT2D eigenvalue weighted by atomic mass is 31.2. The highest BCUT2D eigenvalue weighted by Gasteiger charge is 2.72. The number of rotatable bonds is 8. The molecule has 0 N–H and O–H groups in total. The molecule has 0 fully saturated rings. The van der Waals surface area contributed by atoms with Crippen molar-refractivity contribution in [2.45, 2.75) is 106 Å². The first-order valence-corrected chi connectivity index (χ1v) is 10.6. The molecule has 0 spiro atoms. The molecule has 1 aliphatic rings. The van der Waals surface area contributed by atoms with Gasteiger partial charge in [0.05, 0.1) is 0 Å². The molecule has 0 saturated heterocycles. The number of hydrogen-bond acceptors (Lipinski definition) is 2. The summed E-state index contributed by atoms with van der Waals surface area (Å²) < 4.78 is 5.70. The van der Waals surface area contributed by atoms with Gasteiger partial charge in [-0.15, -0.1) is 9.34 Å². The lowest BCUT2D eigenvalue weighted by molar-refractivity contribution is 0.254. The summed E-state index contributed by atoms with van der Waals surface area (Å²) in [5.74, 6) is 0. The van der Waals surface area contributed by atoms with Crippen molar-refractivity contribution < 1.29 is 0 Å². The zero-order valence-electron chi connectivity index (χ0n) is 16.1. The van der Waals surface area contributed by atoms with Gasteiger partial charge in [0.2, 0.25) is 7.56 Å². The van der Waals surface area contributed by atoms with Crippen LogP contribution in [0.1, 0.15) is 82.1 Å². The summed E-state index contributed by atoms with van der Waals surface area (Å²) in [4.78, 5) is 0. The van der Waals surface area contributed by atoms with Crippen molar-refractivity contribution in [1.29, 1.82) is 0 Å². The van der Waals surface area contributed by atoms with Crippen LogP contribution < -0.4 is 0 Å². The molecule has 1 rings (SSSR count). The first kappa shape index (κ1) is 19.1. The molecule has 0 bridgehead atoms. The van der Waals surface area contributed by atoms with E-state index < -0.39 is 7.56 Å². The van der Waals surface area contributed by atoms with Crippen LogP contribution in [0.15, 0.2) is 10.6 Å². The summed E-state index contributed by atoms with van der Waals surface area (Å²) in [5, 5.41) is 3.57. The molecule has 0 aliphatic carbocycles. The Morgan fingerprint density at radius 3 is 1.00 bits per heavy atom. The second kappa shape index (κ2) is 7.11. The van der Waals surface area contributed by atoms with Gasteiger partial charge in [0.25, 0.3) is 0 Å². The topological polar surface area (TPSA) is 6.48 Å². The lowest BCUT2D eigenvalue weighted by atomic mass is 10.3. The van der Waals surface area contributed by atoms with E-state index in [1.165, 1.54) is 12.8 Å². The van der Waals surface area contributed by atoms with Crippen LogP contribution in [0.4, 0.5) is 0 Å². The standard InChI is InChI=1S/C18H38N2P/c1-11-17-18(12-2)21(17,19(13(3)4)14(5)6)20(15(7)8)16(9)10/h13-16H,11-12H2,1-10H3/q+1. The minimum atomic E-state index is -1.36. The van der Waals surface area contributed by atoms with E-state index in [2.05, 4.69) is 78.6 Å². The fraction of sp³-hybridized carbons (Fsp3) is 0.889. The Balaban J connectivity index is 3.40. The highest BCUT2D eigenvalue weighted by Crippen LogP contribution is 2.92. The van der Waals surface area contributed by atoms with E-state index in [9.17, 15) is 0 Å². The third-order valence-corrected chi connectivity index (χ3v) is 10.1. The summed E-state index contributed by atoms with van der Waals surface area (Å²) in [6, 6.07) is 2.40. The van der Waals surface area contributed by atoms with E-state index in [4.69, 9.17) is 0 Å². The van der Waals surface area contributed by atoms with Crippen LogP contribution in [-0.4, -0.2) is 33.5 Å². The molecular formula is C18H38N2P+. The molecule has 0 saturated carbocycles. The molecule has 0 atom stereocenters. The summed E-state index contributed by atoms with van der Waals surface area (Å²) in [5.41, 5.74) is 0. The van der Waals surface area contributed by atoms with E-state index >= 15 is 0 Å². The van der Waals surface area contributed by atoms with Crippen LogP contribution in [0.3, 0.4) is 0 Å². The average molecular weight is 313 g/mol. The third kappa shape index (κ3) is 3.09. The number of nitrogens with zero attached hydrogens (tertiary/aromatic N) is 2. The number of hydrogen-bond donors (Lipinski definition) is 0. The fourth-order valence-electron chi connectivity index (χ4n) is 4.38. The smallest absolute Gasteiger partial charge is 0.150 e. The Kier molecular flexibility index (Phi) is 6.48. The van der Waals surface area contributed by atoms with Crippen molar-refractivity contribution in [2.24, 2.45) is 0 Å². The van der Waals surface area contributed by atoms with Crippen LogP contribution in [0, 0.1) is 0 Å². The van der Waals surface area contributed by atoms with Gasteiger partial charge in [-0.25, -0.2) is 0 Å². The Hall–Kier alpha value is 0.0900. The van der Waals surface area contributed by atoms with Crippen molar-refractivity contribution in [2.75, 3.05) is 0 Å². The Labute approximate surface area is 134 Å². The first-order chi connectivity index (χ1) is 9.67. The van der Waals surface area contributed by atoms with Gasteiger partial charge in [-0.2, -0.15) is 0 Å². The zero-order valence-corrected chi connectivity index (χ0v) is 17.0. The minimum Gasteiger partial charge on any atom is -0.150 e. The van der Waals surface area contributed by atoms with Gasteiger partial charge < -0.3 is 0 Å². The van der Waals surface area contributed by atoms with E-state index in [1.54, 1.807) is 10.6 Å². The van der Waals surface area contributed by atoms with Crippen molar-refractivity contribution in [3.8, 4) is 0 Å². The molecule has 124 valence electrons. The predicted octanol–water partition coefficient (Wildman–Crippen LogP) is 6.12. The largest absolute Gasteiger partial charge is 0.218 e. The minimum absolute atomic E-state index is 0.601. The molecule has 0 aromatic heterocycles. The van der Waals surface area contributed by atoms with E-state index in [0.717, 1.165) is 0 Å². The van der Waals surface area contributed by atoms with Crippen molar-refractivity contribution >= 4 is 7.56 Å². The van der Waals surface area contributed by atoms with Crippen LogP contribution in [0.5, 0.6) is 0 Å². The maximum absolute atomic E-state index is 2.85. The van der Waals surface area contributed by atoms with E-state index in [0.29, 0.717) is 24.2 Å². The maximum atomic E-state index is 2.85. The predicted molar refractivity (Wildman–Crippen MR) is 98.8 cm³/mol. The van der Waals surface area contributed by atoms with Crippen LogP contribution in [-0.2, 0) is 0 Å². The van der Waals surface area contributed by atoms with E-state index in [-0.39, 0.29) is 0 Å². The third-order valence-electron chi connectivity index (χ3n) is 4.49. The van der Waals surface area contributed by atoms with Gasteiger partial charge >= 0.3 is 0 Å². The van der Waals surface area contributed by atoms with Gasteiger partial charge in [0.1, 0.15) is 0 Å². The summed E-state index contributed by atoms with van der Waals surface area (Å²) >= 11 is 0. The maximum Gasteiger partial charge on any atom is 0.218 e. The molecule has 1 heterocycles. The van der Waals surface area contributed by atoms with Crippen molar-refractivity contribution in [1.82, 2.24) is 9.34 Å². The Morgan fingerprint density at radius 1 is 0.619 bits per heavy atom. The van der Waals surface area contributed by atoms with Gasteiger partial charge in [0, 0.05) is 37.0 Å².